The van der Waals surface area contributed by atoms with Gasteiger partial charge in [0.1, 0.15) is 23.4 Å². The highest BCUT2D eigenvalue weighted by molar-refractivity contribution is 5.68. The van der Waals surface area contributed by atoms with Gasteiger partial charge in [0.2, 0.25) is 0 Å². The number of rotatable bonds is 4. The second-order valence-electron chi connectivity index (χ2n) is 6.94. The van der Waals surface area contributed by atoms with E-state index in [1.807, 2.05) is 0 Å². The lowest BCUT2D eigenvalue weighted by molar-refractivity contribution is -0.138. The first kappa shape index (κ1) is 18.6. The molecule has 2 aromatic carbocycles. The Bertz CT molecular complexity index is 939. The maximum Gasteiger partial charge on any atom is 0.416 e. The highest BCUT2D eigenvalue weighted by Crippen LogP contribution is 2.44. The lowest BCUT2D eigenvalue weighted by atomic mass is 9.98. The van der Waals surface area contributed by atoms with Crippen molar-refractivity contribution < 1.29 is 36.9 Å². The first-order valence-electron chi connectivity index (χ1n) is 8.77. The molecule has 2 aliphatic rings. The zero-order chi connectivity index (χ0) is 20.1. The van der Waals surface area contributed by atoms with E-state index >= 15 is 0 Å². The summed E-state index contributed by atoms with van der Waals surface area (Å²) in [6, 6.07) is 6.45. The Morgan fingerprint density at radius 3 is 2.75 bits per heavy atom. The zero-order valence-electron chi connectivity index (χ0n) is 14.6. The average molecular weight is 396 g/mol. The van der Waals surface area contributed by atoms with Crippen LogP contribution in [0.5, 0.6) is 11.5 Å². The van der Waals surface area contributed by atoms with Crippen molar-refractivity contribution in [3.05, 3.63) is 58.4 Å². The smallest absolute Gasteiger partial charge is 0.416 e. The van der Waals surface area contributed by atoms with E-state index in [-0.39, 0.29) is 42.9 Å². The fourth-order valence-electron chi connectivity index (χ4n) is 3.93. The van der Waals surface area contributed by atoms with E-state index in [4.69, 9.17) is 14.6 Å². The first-order chi connectivity index (χ1) is 13.2. The summed E-state index contributed by atoms with van der Waals surface area (Å²) in [5.41, 5.74) is -0.202. The molecule has 0 spiro atoms. The van der Waals surface area contributed by atoms with E-state index in [9.17, 15) is 22.4 Å². The van der Waals surface area contributed by atoms with Crippen molar-refractivity contribution in [1.29, 1.82) is 0 Å². The third-order valence-electron chi connectivity index (χ3n) is 5.15. The molecular weight excluding hydrogens is 380 g/mol. The predicted octanol–water partition coefficient (Wildman–Crippen LogP) is 4.86. The topological polar surface area (TPSA) is 55.8 Å². The quantitative estimate of drug-likeness (QED) is 0.750. The number of fused-ring (bicyclic) bond motifs is 2. The second kappa shape index (κ2) is 6.68. The molecule has 148 valence electrons. The van der Waals surface area contributed by atoms with Crippen molar-refractivity contribution in [2.75, 3.05) is 6.61 Å². The van der Waals surface area contributed by atoms with Crippen LogP contribution in [-0.2, 0) is 17.4 Å². The molecular formula is C20H16F4O4. The summed E-state index contributed by atoms with van der Waals surface area (Å²) < 4.78 is 65.1. The number of hydrogen-bond donors (Lipinski definition) is 1. The third kappa shape index (κ3) is 3.27. The van der Waals surface area contributed by atoms with Gasteiger partial charge in [-0.25, -0.2) is 4.39 Å². The SMILES string of the molecule is O=C(O)CC1COc2cc(OC3CCc4c(C(F)(F)F)ccc(F)c43)ccc21. The highest BCUT2D eigenvalue weighted by Gasteiger charge is 2.39. The Morgan fingerprint density at radius 1 is 1.25 bits per heavy atom. The van der Waals surface area contributed by atoms with Crippen molar-refractivity contribution in [3.8, 4) is 11.5 Å². The van der Waals surface area contributed by atoms with E-state index in [1.54, 1.807) is 18.2 Å². The summed E-state index contributed by atoms with van der Waals surface area (Å²) in [7, 11) is 0. The van der Waals surface area contributed by atoms with Crippen molar-refractivity contribution >= 4 is 5.97 Å². The fraction of sp³-hybridized carbons (Fsp3) is 0.350. The molecule has 1 aliphatic heterocycles. The molecule has 4 nitrogen and oxygen atoms in total. The normalized spacial score (nSPS) is 20.4. The van der Waals surface area contributed by atoms with Gasteiger partial charge in [0, 0.05) is 23.1 Å². The molecule has 1 N–H and O–H groups in total. The van der Waals surface area contributed by atoms with Gasteiger partial charge in [-0.1, -0.05) is 6.07 Å². The number of carboxylic acid groups (broad SMARTS) is 1. The zero-order valence-corrected chi connectivity index (χ0v) is 14.6. The van der Waals surface area contributed by atoms with Crippen molar-refractivity contribution in [3.63, 3.8) is 0 Å². The minimum Gasteiger partial charge on any atom is -0.492 e. The summed E-state index contributed by atoms with van der Waals surface area (Å²) in [5, 5.41) is 8.95. The molecule has 28 heavy (non-hydrogen) atoms. The van der Waals surface area contributed by atoms with Crippen molar-refractivity contribution in [2.45, 2.75) is 37.5 Å². The van der Waals surface area contributed by atoms with Crippen LogP contribution in [-0.4, -0.2) is 17.7 Å². The molecule has 1 heterocycles. The van der Waals surface area contributed by atoms with Crippen LogP contribution in [0.1, 0.15) is 47.1 Å². The molecule has 0 amide bonds. The van der Waals surface area contributed by atoms with Crippen LogP contribution >= 0.6 is 0 Å². The van der Waals surface area contributed by atoms with Crippen LogP contribution in [0.3, 0.4) is 0 Å². The Labute approximate surface area is 157 Å². The lowest BCUT2D eigenvalue weighted by Crippen LogP contribution is -2.11. The number of carboxylic acids is 1. The van der Waals surface area contributed by atoms with Gasteiger partial charge in [-0.3, -0.25) is 4.79 Å². The van der Waals surface area contributed by atoms with Gasteiger partial charge in [-0.15, -0.1) is 0 Å². The van der Waals surface area contributed by atoms with Crippen LogP contribution in [0.25, 0.3) is 0 Å². The van der Waals surface area contributed by atoms with Crippen LogP contribution in [0.15, 0.2) is 30.3 Å². The van der Waals surface area contributed by atoms with Crippen LogP contribution in [0, 0.1) is 5.82 Å². The number of ether oxygens (including phenoxy) is 2. The summed E-state index contributed by atoms with van der Waals surface area (Å²) in [5.74, 6) is -1.10. The fourth-order valence-corrected chi connectivity index (χ4v) is 3.93. The van der Waals surface area contributed by atoms with Crippen LogP contribution < -0.4 is 9.47 Å². The largest absolute Gasteiger partial charge is 0.492 e. The Kier molecular flexibility index (Phi) is 4.44. The van der Waals surface area contributed by atoms with E-state index in [2.05, 4.69) is 0 Å². The monoisotopic (exact) mass is 396 g/mol. The van der Waals surface area contributed by atoms with Gasteiger partial charge in [-0.05, 0) is 36.6 Å². The second-order valence-corrected chi connectivity index (χ2v) is 6.94. The standard InChI is InChI=1S/C20H16F4O4/c21-15-5-4-14(20(22,23)24)13-3-6-16(19(13)15)28-11-1-2-12-10(7-18(25)26)9-27-17(12)8-11/h1-2,4-5,8,10,16H,3,6-7,9H2,(H,25,26). The molecule has 2 aromatic rings. The highest BCUT2D eigenvalue weighted by atomic mass is 19.4. The molecule has 0 aromatic heterocycles. The van der Waals surface area contributed by atoms with E-state index in [1.165, 1.54) is 0 Å². The molecule has 0 radical (unpaired) electrons. The Hall–Kier alpha value is -2.77. The molecule has 0 bridgehead atoms. The minimum absolute atomic E-state index is 0.0556. The predicted molar refractivity (Wildman–Crippen MR) is 90.0 cm³/mol. The van der Waals surface area contributed by atoms with Gasteiger partial charge >= 0.3 is 12.1 Å². The van der Waals surface area contributed by atoms with Gasteiger partial charge in [-0.2, -0.15) is 13.2 Å². The van der Waals surface area contributed by atoms with Crippen molar-refractivity contribution in [1.82, 2.24) is 0 Å². The summed E-state index contributed by atoms with van der Waals surface area (Å²) >= 11 is 0. The number of hydrogen-bond acceptors (Lipinski definition) is 3. The number of aliphatic carboxylic acids is 1. The van der Waals surface area contributed by atoms with Crippen LogP contribution in [0.2, 0.25) is 0 Å². The summed E-state index contributed by atoms with van der Waals surface area (Å²) in [6.07, 6.45) is -5.12. The Balaban J connectivity index is 1.59. The average Bonchev–Trinajstić information content (AvgIpc) is 3.19. The molecule has 1 aliphatic carbocycles. The maximum absolute atomic E-state index is 14.3. The first-order valence-corrected chi connectivity index (χ1v) is 8.77. The van der Waals surface area contributed by atoms with Crippen LogP contribution in [0.4, 0.5) is 17.6 Å². The van der Waals surface area contributed by atoms with Gasteiger partial charge in [0.05, 0.1) is 18.6 Å². The summed E-state index contributed by atoms with van der Waals surface area (Å²) in [6.45, 7) is 0.237. The van der Waals surface area contributed by atoms with E-state index in [0.717, 1.165) is 17.7 Å². The molecule has 0 saturated heterocycles. The number of halogens is 4. The van der Waals surface area contributed by atoms with Crippen molar-refractivity contribution in [2.24, 2.45) is 0 Å². The molecule has 4 rings (SSSR count). The van der Waals surface area contributed by atoms with Gasteiger partial charge in [0.25, 0.3) is 0 Å². The molecule has 2 atom stereocenters. The molecule has 2 unspecified atom stereocenters. The Morgan fingerprint density at radius 2 is 2.04 bits per heavy atom. The van der Waals surface area contributed by atoms with Gasteiger partial charge in [0.15, 0.2) is 0 Å². The lowest BCUT2D eigenvalue weighted by Gasteiger charge is -2.18. The maximum atomic E-state index is 14.3. The number of carbonyl (C=O) groups is 1. The van der Waals surface area contributed by atoms with E-state index < -0.39 is 29.6 Å². The number of alkyl halides is 3. The van der Waals surface area contributed by atoms with Gasteiger partial charge < -0.3 is 14.6 Å². The molecule has 0 fully saturated rings. The number of benzene rings is 2. The third-order valence-corrected chi connectivity index (χ3v) is 5.15. The summed E-state index contributed by atoms with van der Waals surface area (Å²) in [4.78, 5) is 10.9. The minimum atomic E-state index is -4.55. The molecule has 8 heteroatoms. The molecule has 0 saturated carbocycles. The van der Waals surface area contributed by atoms with E-state index in [0.29, 0.717) is 11.5 Å².